The van der Waals surface area contributed by atoms with Crippen LogP contribution in [-0.4, -0.2) is 49.9 Å². The molecule has 0 aromatic heterocycles. The highest BCUT2D eigenvalue weighted by molar-refractivity contribution is 7.88. The average molecular weight is 430 g/mol. The normalized spacial score (nSPS) is 16.4. The van der Waals surface area contributed by atoms with Gasteiger partial charge in [0, 0.05) is 20.1 Å². The third kappa shape index (κ3) is 6.14. The van der Waals surface area contributed by atoms with Gasteiger partial charge in [0.25, 0.3) is 0 Å². The van der Waals surface area contributed by atoms with Gasteiger partial charge in [0.2, 0.25) is 15.9 Å². The minimum atomic E-state index is -3.53. The Morgan fingerprint density at radius 2 is 1.70 bits per heavy atom. The molecule has 3 rings (SSSR count). The third-order valence-electron chi connectivity index (χ3n) is 5.56. The second kappa shape index (κ2) is 10.2. The highest BCUT2D eigenvalue weighted by Gasteiger charge is 2.30. The number of hydrogen-bond acceptors (Lipinski definition) is 4. The molecule has 2 aromatic carbocycles. The fourth-order valence-electron chi connectivity index (χ4n) is 3.85. The van der Waals surface area contributed by atoms with Crippen molar-refractivity contribution in [2.24, 2.45) is 0 Å². The van der Waals surface area contributed by atoms with Crippen molar-refractivity contribution in [3.8, 4) is 0 Å². The van der Waals surface area contributed by atoms with Crippen LogP contribution in [0.5, 0.6) is 0 Å². The van der Waals surface area contributed by atoms with Crippen LogP contribution in [0.1, 0.15) is 42.0 Å². The van der Waals surface area contributed by atoms with E-state index >= 15 is 0 Å². The SMILES string of the molecule is CN([C@@H](C(=O)NCc1cccc(CN2CCCCC2)c1)c1ccccc1)S(C)(=O)=O. The monoisotopic (exact) mass is 429 g/mol. The van der Waals surface area contributed by atoms with Crippen molar-refractivity contribution in [2.45, 2.75) is 38.4 Å². The maximum absolute atomic E-state index is 13.0. The summed E-state index contributed by atoms with van der Waals surface area (Å²) in [4.78, 5) is 15.4. The zero-order valence-electron chi connectivity index (χ0n) is 17.8. The standard InChI is InChI=1S/C23H31N3O3S/c1-25(30(2,28)29)22(21-12-5-3-6-13-21)23(27)24-17-19-10-9-11-20(16-19)18-26-14-7-4-8-15-26/h3,5-6,9-13,16,22H,4,7-8,14-15,17-18H2,1-2H3,(H,24,27)/t22-/m1/s1. The number of benzene rings is 2. The molecule has 0 radical (unpaired) electrons. The first-order valence-electron chi connectivity index (χ1n) is 10.4. The highest BCUT2D eigenvalue weighted by Crippen LogP contribution is 2.22. The van der Waals surface area contributed by atoms with Gasteiger partial charge < -0.3 is 5.32 Å². The average Bonchev–Trinajstić information content (AvgIpc) is 2.73. The van der Waals surface area contributed by atoms with Gasteiger partial charge in [0.15, 0.2) is 0 Å². The van der Waals surface area contributed by atoms with Crippen LogP contribution in [0.4, 0.5) is 0 Å². The molecule has 0 unspecified atom stereocenters. The summed E-state index contributed by atoms with van der Waals surface area (Å²) in [5, 5.41) is 2.92. The lowest BCUT2D eigenvalue weighted by atomic mass is 10.1. The first-order chi connectivity index (χ1) is 14.3. The Morgan fingerprint density at radius 1 is 1.03 bits per heavy atom. The Bertz CT molecular complexity index is 941. The summed E-state index contributed by atoms with van der Waals surface area (Å²) in [6, 6.07) is 16.3. The van der Waals surface area contributed by atoms with E-state index in [2.05, 4.69) is 22.3 Å². The van der Waals surface area contributed by atoms with Crippen molar-refractivity contribution >= 4 is 15.9 Å². The molecule has 30 heavy (non-hydrogen) atoms. The van der Waals surface area contributed by atoms with Gasteiger partial charge in [0.1, 0.15) is 6.04 Å². The maximum atomic E-state index is 13.0. The molecule has 2 aromatic rings. The van der Waals surface area contributed by atoms with Crippen molar-refractivity contribution in [1.82, 2.24) is 14.5 Å². The Labute approximate surface area is 179 Å². The summed E-state index contributed by atoms with van der Waals surface area (Å²) in [6.07, 6.45) is 4.93. The molecule has 1 heterocycles. The van der Waals surface area contributed by atoms with Gasteiger partial charge >= 0.3 is 0 Å². The number of sulfonamides is 1. The predicted octanol–water partition coefficient (Wildman–Crippen LogP) is 2.92. The van der Waals surface area contributed by atoms with Crippen LogP contribution in [0.3, 0.4) is 0 Å². The summed E-state index contributed by atoms with van der Waals surface area (Å²) in [5.74, 6) is -0.337. The number of amides is 1. The van der Waals surface area contributed by atoms with E-state index in [0.29, 0.717) is 12.1 Å². The van der Waals surface area contributed by atoms with Crippen LogP contribution in [0.25, 0.3) is 0 Å². The Balaban J connectivity index is 1.68. The zero-order chi connectivity index (χ0) is 21.6. The number of rotatable bonds is 8. The van der Waals surface area contributed by atoms with Gasteiger partial charge in [0.05, 0.1) is 6.26 Å². The number of nitrogens with one attached hydrogen (secondary N) is 1. The number of carbonyl (C=O) groups is 1. The lowest BCUT2D eigenvalue weighted by molar-refractivity contribution is -0.124. The summed E-state index contributed by atoms with van der Waals surface area (Å²) < 4.78 is 25.3. The Kier molecular flexibility index (Phi) is 7.64. The van der Waals surface area contributed by atoms with E-state index in [4.69, 9.17) is 0 Å². The topological polar surface area (TPSA) is 69.7 Å². The van der Waals surface area contributed by atoms with Crippen molar-refractivity contribution in [1.29, 1.82) is 0 Å². The van der Waals surface area contributed by atoms with Gasteiger partial charge in [-0.2, -0.15) is 4.31 Å². The van der Waals surface area contributed by atoms with E-state index in [0.717, 1.165) is 35.8 Å². The third-order valence-corrected chi connectivity index (χ3v) is 6.82. The van der Waals surface area contributed by atoms with Crippen molar-refractivity contribution in [3.63, 3.8) is 0 Å². The molecule has 6 nitrogen and oxygen atoms in total. The molecule has 1 fully saturated rings. The Morgan fingerprint density at radius 3 is 2.37 bits per heavy atom. The zero-order valence-corrected chi connectivity index (χ0v) is 18.6. The molecule has 1 amide bonds. The van der Waals surface area contributed by atoms with E-state index in [1.807, 2.05) is 18.2 Å². The Hall–Kier alpha value is -2.22. The molecule has 7 heteroatoms. The molecule has 162 valence electrons. The minimum absolute atomic E-state index is 0.337. The van der Waals surface area contributed by atoms with Crippen LogP contribution in [-0.2, 0) is 27.9 Å². The number of carbonyl (C=O) groups excluding carboxylic acids is 1. The van der Waals surface area contributed by atoms with E-state index in [-0.39, 0.29) is 5.91 Å². The number of likely N-dealkylation sites (N-methyl/N-ethyl adjacent to an activating group) is 1. The van der Waals surface area contributed by atoms with Crippen LogP contribution in [0, 0.1) is 0 Å². The fraction of sp³-hybridized carbons (Fsp3) is 0.435. The van der Waals surface area contributed by atoms with E-state index in [1.165, 1.54) is 31.9 Å². The number of hydrogen-bond donors (Lipinski definition) is 1. The second-order valence-corrected chi connectivity index (χ2v) is 10.0. The molecule has 1 N–H and O–H groups in total. The summed E-state index contributed by atoms with van der Waals surface area (Å²) in [5.41, 5.74) is 2.88. The first-order valence-corrected chi connectivity index (χ1v) is 12.3. The van der Waals surface area contributed by atoms with Gasteiger partial charge in [-0.05, 0) is 42.6 Å². The van der Waals surface area contributed by atoms with Crippen LogP contribution >= 0.6 is 0 Å². The molecule has 1 aliphatic heterocycles. The van der Waals surface area contributed by atoms with Gasteiger partial charge in [-0.25, -0.2) is 8.42 Å². The van der Waals surface area contributed by atoms with E-state index < -0.39 is 16.1 Å². The maximum Gasteiger partial charge on any atom is 0.243 e. The van der Waals surface area contributed by atoms with E-state index in [9.17, 15) is 13.2 Å². The number of likely N-dealkylation sites (tertiary alicyclic amines) is 1. The smallest absolute Gasteiger partial charge is 0.243 e. The first kappa shape index (κ1) is 22.5. The van der Waals surface area contributed by atoms with Crippen molar-refractivity contribution in [2.75, 3.05) is 26.4 Å². The highest BCUT2D eigenvalue weighted by atomic mass is 32.2. The summed E-state index contributed by atoms with van der Waals surface area (Å²) >= 11 is 0. The fourth-order valence-corrected chi connectivity index (χ4v) is 4.45. The van der Waals surface area contributed by atoms with Crippen molar-refractivity contribution < 1.29 is 13.2 Å². The molecule has 1 atom stereocenters. The van der Waals surface area contributed by atoms with Crippen LogP contribution in [0.2, 0.25) is 0 Å². The van der Waals surface area contributed by atoms with E-state index in [1.54, 1.807) is 24.3 Å². The van der Waals surface area contributed by atoms with Crippen molar-refractivity contribution in [3.05, 3.63) is 71.3 Å². The minimum Gasteiger partial charge on any atom is -0.350 e. The summed E-state index contributed by atoms with van der Waals surface area (Å²) in [6.45, 7) is 3.55. The van der Waals surface area contributed by atoms with Crippen LogP contribution < -0.4 is 5.32 Å². The van der Waals surface area contributed by atoms with Crippen LogP contribution in [0.15, 0.2) is 54.6 Å². The molecule has 1 aliphatic rings. The van der Waals surface area contributed by atoms with Gasteiger partial charge in [-0.3, -0.25) is 9.69 Å². The molecule has 0 spiro atoms. The second-order valence-electron chi connectivity index (χ2n) is 7.97. The summed E-state index contributed by atoms with van der Waals surface area (Å²) in [7, 11) is -2.10. The quantitative estimate of drug-likeness (QED) is 0.701. The number of piperidine rings is 1. The molecular weight excluding hydrogens is 398 g/mol. The number of nitrogens with zero attached hydrogens (tertiary/aromatic N) is 2. The molecule has 1 saturated heterocycles. The molecule has 0 aliphatic carbocycles. The molecular formula is C23H31N3O3S. The predicted molar refractivity (Wildman–Crippen MR) is 119 cm³/mol. The lowest BCUT2D eigenvalue weighted by Gasteiger charge is -2.27. The van der Waals surface area contributed by atoms with Gasteiger partial charge in [-0.1, -0.05) is 61.0 Å². The molecule has 0 bridgehead atoms. The lowest BCUT2D eigenvalue weighted by Crippen LogP contribution is -2.41. The molecule has 0 saturated carbocycles. The largest absolute Gasteiger partial charge is 0.350 e. The van der Waals surface area contributed by atoms with Gasteiger partial charge in [-0.15, -0.1) is 0 Å².